The fourth-order valence-electron chi connectivity index (χ4n) is 0.998. The molecule has 0 amide bonds. The molecule has 0 saturated heterocycles. The molecule has 0 aliphatic carbocycles. The Hall–Kier alpha value is -1.24. The number of carboxylic acid groups (broad SMARTS) is 1. The molecular formula is C8H5BrF3NO2. The summed E-state index contributed by atoms with van der Waals surface area (Å²) in [6.45, 7) is 0. The average molecular weight is 284 g/mol. The van der Waals surface area contributed by atoms with Crippen LogP contribution in [0.25, 0.3) is 0 Å². The summed E-state index contributed by atoms with van der Waals surface area (Å²) in [5.74, 6) is -1.37. The van der Waals surface area contributed by atoms with E-state index in [4.69, 9.17) is 10.8 Å². The van der Waals surface area contributed by atoms with Gasteiger partial charge in [0.2, 0.25) is 0 Å². The number of carbonyl (C=O) groups is 1. The van der Waals surface area contributed by atoms with Gasteiger partial charge < -0.3 is 10.8 Å². The maximum Gasteiger partial charge on any atom is 0.417 e. The number of anilines is 1. The zero-order valence-corrected chi connectivity index (χ0v) is 8.69. The van der Waals surface area contributed by atoms with E-state index in [9.17, 15) is 18.0 Å². The van der Waals surface area contributed by atoms with Gasteiger partial charge in [0.25, 0.3) is 0 Å². The molecule has 0 fully saturated rings. The van der Waals surface area contributed by atoms with Crippen molar-refractivity contribution < 1.29 is 23.1 Å². The van der Waals surface area contributed by atoms with Gasteiger partial charge in [-0.05, 0) is 28.1 Å². The highest BCUT2D eigenvalue weighted by Crippen LogP contribution is 2.38. The Morgan fingerprint density at radius 1 is 1.40 bits per heavy atom. The zero-order valence-electron chi connectivity index (χ0n) is 7.10. The number of hydrogen-bond acceptors (Lipinski definition) is 2. The normalized spacial score (nSPS) is 11.5. The van der Waals surface area contributed by atoms with Crippen molar-refractivity contribution in [3.63, 3.8) is 0 Å². The van der Waals surface area contributed by atoms with E-state index in [1.807, 2.05) is 0 Å². The number of carboxylic acids is 1. The van der Waals surface area contributed by atoms with Crippen molar-refractivity contribution in [1.82, 2.24) is 0 Å². The van der Waals surface area contributed by atoms with Gasteiger partial charge in [-0.25, -0.2) is 4.79 Å². The van der Waals surface area contributed by atoms with Gasteiger partial charge in [-0.1, -0.05) is 0 Å². The summed E-state index contributed by atoms with van der Waals surface area (Å²) in [5.41, 5.74) is 3.46. The van der Waals surface area contributed by atoms with E-state index >= 15 is 0 Å². The van der Waals surface area contributed by atoms with Crippen molar-refractivity contribution in [3.05, 3.63) is 27.7 Å². The molecule has 0 bridgehead atoms. The number of halogens is 4. The predicted molar refractivity (Wildman–Crippen MR) is 50.5 cm³/mol. The van der Waals surface area contributed by atoms with E-state index in [1.165, 1.54) is 0 Å². The lowest BCUT2D eigenvalue weighted by Crippen LogP contribution is -2.10. The number of benzene rings is 1. The van der Waals surface area contributed by atoms with Crippen LogP contribution in [0.4, 0.5) is 18.9 Å². The van der Waals surface area contributed by atoms with Gasteiger partial charge in [-0.3, -0.25) is 0 Å². The molecule has 0 spiro atoms. The molecule has 1 aromatic carbocycles. The first-order valence-electron chi connectivity index (χ1n) is 3.63. The summed E-state index contributed by atoms with van der Waals surface area (Å²) in [6, 6.07) is 1.50. The van der Waals surface area contributed by atoms with Crippen LogP contribution in [0, 0.1) is 0 Å². The lowest BCUT2D eigenvalue weighted by molar-refractivity contribution is -0.138. The van der Waals surface area contributed by atoms with Crippen molar-refractivity contribution in [2.24, 2.45) is 0 Å². The van der Waals surface area contributed by atoms with Crippen LogP contribution >= 0.6 is 15.9 Å². The monoisotopic (exact) mass is 283 g/mol. The molecule has 3 nitrogen and oxygen atoms in total. The molecule has 0 aliphatic heterocycles. The number of alkyl halides is 3. The van der Waals surface area contributed by atoms with E-state index in [0.29, 0.717) is 6.07 Å². The molecule has 0 unspecified atom stereocenters. The van der Waals surface area contributed by atoms with Crippen LogP contribution in [-0.4, -0.2) is 11.1 Å². The maximum atomic E-state index is 12.3. The number of nitrogens with two attached hydrogens (primary N) is 1. The largest absolute Gasteiger partial charge is 0.478 e. The maximum absolute atomic E-state index is 12.3. The molecule has 0 heterocycles. The van der Waals surface area contributed by atoms with Crippen LogP contribution in [0.2, 0.25) is 0 Å². The topological polar surface area (TPSA) is 63.3 Å². The van der Waals surface area contributed by atoms with E-state index in [0.717, 1.165) is 6.07 Å². The van der Waals surface area contributed by atoms with Gasteiger partial charge in [0.05, 0.1) is 21.3 Å². The van der Waals surface area contributed by atoms with E-state index < -0.39 is 27.9 Å². The second-order valence-electron chi connectivity index (χ2n) is 2.69. The molecule has 0 atom stereocenters. The highest BCUT2D eigenvalue weighted by Gasteiger charge is 2.34. The van der Waals surface area contributed by atoms with Crippen molar-refractivity contribution >= 4 is 27.6 Å². The minimum absolute atomic E-state index is 0.366. The molecule has 3 N–H and O–H groups in total. The molecule has 0 aromatic heterocycles. The summed E-state index contributed by atoms with van der Waals surface area (Å²) < 4.78 is 36.5. The summed E-state index contributed by atoms with van der Waals surface area (Å²) >= 11 is 2.63. The fraction of sp³-hybridized carbons (Fsp3) is 0.125. The number of hydrogen-bond donors (Lipinski definition) is 2. The lowest BCUT2D eigenvalue weighted by atomic mass is 10.1. The van der Waals surface area contributed by atoms with Gasteiger partial charge in [0.1, 0.15) is 0 Å². The zero-order chi connectivity index (χ0) is 11.8. The van der Waals surface area contributed by atoms with Crippen molar-refractivity contribution in [2.75, 3.05) is 5.73 Å². The van der Waals surface area contributed by atoms with Gasteiger partial charge >= 0.3 is 12.1 Å². The van der Waals surface area contributed by atoms with Crippen LogP contribution in [0.1, 0.15) is 15.9 Å². The summed E-state index contributed by atoms with van der Waals surface area (Å²) in [7, 11) is 0. The van der Waals surface area contributed by atoms with Gasteiger partial charge in [-0.15, -0.1) is 0 Å². The van der Waals surface area contributed by atoms with Crippen LogP contribution in [0.3, 0.4) is 0 Å². The molecular weight excluding hydrogens is 279 g/mol. The highest BCUT2D eigenvalue weighted by molar-refractivity contribution is 9.10. The standard InChI is InChI=1S/C8H5BrF3NO2/c9-5-4(8(10,11)12)2-1-3(6(5)13)7(14)15/h1-2H,13H2,(H,14,15). The second-order valence-corrected chi connectivity index (χ2v) is 3.48. The predicted octanol–water partition coefficient (Wildman–Crippen LogP) is 2.75. The molecule has 0 radical (unpaired) electrons. The minimum atomic E-state index is -4.57. The van der Waals surface area contributed by atoms with Gasteiger partial charge in [0.15, 0.2) is 0 Å². The van der Waals surface area contributed by atoms with Crippen molar-refractivity contribution in [2.45, 2.75) is 6.18 Å². The molecule has 1 rings (SSSR count). The third kappa shape index (κ3) is 2.23. The van der Waals surface area contributed by atoms with Gasteiger partial charge in [0, 0.05) is 0 Å². The first-order chi connectivity index (χ1) is 6.75. The molecule has 15 heavy (non-hydrogen) atoms. The number of rotatable bonds is 1. The van der Waals surface area contributed by atoms with E-state index in [1.54, 1.807) is 0 Å². The fourth-order valence-corrected chi connectivity index (χ4v) is 1.57. The van der Waals surface area contributed by atoms with Crippen molar-refractivity contribution in [1.29, 1.82) is 0 Å². The summed E-state index contributed by atoms with van der Waals surface area (Å²) in [4.78, 5) is 10.6. The minimum Gasteiger partial charge on any atom is -0.478 e. The van der Waals surface area contributed by atoms with Crippen LogP contribution in [0.15, 0.2) is 16.6 Å². The molecule has 0 aliphatic rings. The van der Waals surface area contributed by atoms with Crippen molar-refractivity contribution in [3.8, 4) is 0 Å². The first-order valence-corrected chi connectivity index (χ1v) is 4.43. The Morgan fingerprint density at radius 3 is 2.33 bits per heavy atom. The Morgan fingerprint density at radius 2 is 1.93 bits per heavy atom. The van der Waals surface area contributed by atoms with Gasteiger partial charge in [-0.2, -0.15) is 13.2 Å². The van der Waals surface area contributed by atoms with Crippen LogP contribution in [0.5, 0.6) is 0 Å². The Balaban J connectivity index is 3.41. The molecule has 82 valence electrons. The highest BCUT2D eigenvalue weighted by atomic mass is 79.9. The quantitative estimate of drug-likeness (QED) is 0.779. The third-order valence-electron chi connectivity index (χ3n) is 1.72. The lowest BCUT2D eigenvalue weighted by Gasteiger charge is -2.12. The second kappa shape index (κ2) is 3.73. The SMILES string of the molecule is Nc1c(C(=O)O)ccc(C(F)(F)F)c1Br. The van der Waals surface area contributed by atoms with Crippen LogP contribution < -0.4 is 5.73 Å². The van der Waals surface area contributed by atoms with E-state index in [-0.39, 0.29) is 5.56 Å². The Kier molecular flexibility index (Phi) is 2.94. The van der Waals surface area contributed by atoms with E-state index in [2.05, 4.69) is 15.9 Å². The first kappa shape index (κ1) is 11.8. The summed E-state index contributed by atoms with van der Waals surface area (Å²) in [6.07, 6.45) is -4.57. The molecule has 0 saturated carbocycles. The third-order valence-corrected chi connectivity index (χ3v) is 2.57. The Bertz CT molecular complexity index is 417. The number of aromatic carboxylic acids is 1. The average Bonchev–Trinajstić information content (AvgIpc) is 2.06. The Labute approximate surface area is 90.8 Å². The smallest absolute Gasteiger partial charge is 0.417 e. The summed E-state index contributed by atoms with van der Waals surface area (Å²) in [5, 5.41) is 8.60. The van der Waals surface area contributed by atoms with Crippen LogP contribution in [-0.2, 0) is 6.18 Å². The molecule has 1 aromatic rings. The number of nitrogen functional groups attached to an aromatic ring is 1. The molecule has 7 heteroatoms.